The number of anilines is 1. The number of aromatic nitrogens is 3. The number of hydrogen-bond acceptors (Lipinski definition) is 4. The quantitative estimate of drug-likeness (QED) is 0.499. The Morgan fingerprint density at radius 3 is 2.53 bits per heavy atom. The summed E-state index contributed by atoms with van der Waals surface area (Å²) in [5.41, 5.74) is 3.35. The molecule has 7 nitrogen and oxygen atoms in total. The highest BCUT2D eigenvalue weighted by Crippen LogP contribution is 2.23. The zero-order chi connectivity index (χ0) is 21.9. The maximum absolute atomic E-state index is 13.0. The van der Waals surface area contributed by atoms with E-state index in [-0.39, 0.29) is 17.9 Å². The number of nitrogens with one attached hydrogen (secondary N) is 1. The smallest absolute Gasteiger partial charge is 0.276 e. The van der Waals surface area contributed by atoms with Crippen molar-refractivity contribution in [3.63, 3.8) is 0 Å². The molecule has 1 aliphatic carbocycles. The van der Waals surface area contributed by atoms with Crippen molar-refractivity contribution >= 4 is 17.1 Å². The Bertz CT molecular complexity index is 1310. The Kier molecular flexibility index (Phi) is 5.46. The van der Waals surface area contributed by atoms with Crippen molar-refractivity contribution in [2.45, 2.75) is 38.6 Å². The summed E-state index contributed by atoms with van der Waals surface area (Å²) in [5, 5.41) is 7.43. The zero-order valence-corrected chi connectivity index (χ0v) is 17.7. The van der Waals surface area contributed by atoms with Gasteiger partial charge in [0.05, 0.1) is 5.69 Å². The minimum Gasteiger partial charge on any atom is -0.457 e. The van der Waals surface area contributed by atoms with Gasteiger partial charge in [-0.15, -0.1) is 0 Å². The van der Waals surface area contributed by atoms with Gasteiger partial charge in [0, 0.05) is 36.6 Å². The molecule has 4 aromatic rings. The third-order valence-electron chi connectivity index (χ3n) is 5.73. The van der Waals surface area contributed by atoms with Crippen LogP contribution < -0.4 is 15.6 Å². The molecule has 2 aromatic carbocycles. The molecule has 0 aliphatic heterocycles. The summed E-state index contributed by atoms with van der Waals surface area (Å²) in [6.07, 6.45) is 7.73. The molecule has 2 aromatic heterocycles. The number of fused-ring (bicyclic) bond motifs is 3. The van der Waals surface area contributed by atoms with E-state index in [0.717, 1.165) is 42.7 Å². The number of nitrogens with zero attached hydrogens (tertiary/aromatic N) is 3. The molecule has 0 unspecified atom stereocenters. The second kappa shape index (κ2) is 8.70. The van der Waals surface area contributed by atoms with Gasteiger partial charge in [-0.3, -0.25) is 9.59 Å². The highest BCUT2D eigenvalue weighted by atomic mass is 16.5. The molecule has 0 bridgehead atoms. The van der Waals surface area contributed by atoms with Crippen LogP contribution in [0, 0.1) is 0 Å². The van der Waals surface area contributed by atoms with Crippen LogP contribution in [0.3, 0.4) is 0 Å². The van der Waals surface area contributed by atoms with Crippen LogP contribution in [0.25, 0.3) is 5.52 Å². The molecule has 0 spiro atoms. The summed E-state index contributed by atoms with van der Waals surface area (Å²) in [6.45, 7) is 0.316. The predicted octanol–water partition coefficient (Wildman–Crippen LogP) is 4.20. The number of aryl methyl sites for hydroxylation is 3. The number of benzene rings is 2. The van der Waals surface area contributed by atoms with Gasteiger partial charge in [0.2, 0.25) is 5.91 Å². The molecule has 1 aliphatic rings. The van der Waals surface area contributed by atoms with E-state index in [9.17, 15) is 9.59 Å². The fourth-order valence-electron chi connectivity index (χ4n) is 4.11. The second-order valence-electron chi connectivity index (χ2n) is 7.96. The van der Waals surface area contributed by atoms with Gasteiger partial charge in [0.15, 0.2) is 0 Å². The molecule has 5 rings (SSSR count). The lowest BCUT2D eigenvalue weighted by atomic mass is 9.97. The van der Waals surface area contributed by atoms with Crippen molar-refractivity contribution in [1.29, 1.82) is 0 Å². The first kappa shape index (κ1) is 20.1. The van der Waals surface area contributed by atoms with Crippen molar-refractivity contribution in [3.8, 4) is 11.5 Å². The van der Waals surface area contributed by atoms with Gasteiger partial charge in [0.1, 0.15) is 17.0 Å². The maximum Gasteiger partial charge on any atom is 0.276 e. The summed E-state index contributed by atoms with van der Waals surface area (Å²) in [4.78, 5) is 25.4. The van der Waals surface area contributed by atoms with Crippen LogP contribution in [0.1, 0.15) is 30.5 Å². The topological polar surface area (TPSA) is 77.6 Å². The van der Waals surface area contributed by atoms with Gasteiger partial charge in [0.25, 0.3) is 5.56 Å². The van der Waals surface area contributed by atoms with E-state index in [2.05, 4.69) is 10.4 Å². The molecular weight excluding hydrogens is 404 g/mol. The minimum absolute atomic E-state index is 0.0848. The van der Waals surface area contributed by atoms with Crippen LogP contribution >= 0.6 is 0 Å². The van der Waals surface area contributed by atoms with Crippen LogP contribution in [0.2, 0.25) is 0 Å². The third kappa shape index (κ3) is 4.14. The average Bonchev–Trinajstić information content (AvgIpc) is 3.20. The molecular formula is C25H24N4O3. The van der Waals surface area contributed by atoms with E-state index in [1.54, 1.807) is 33.6 Å². The first-order valence-corrected chi connectivity index (χ1v) is 10.9. The fourth-order valence-corrected chi connectivity index (χ4v) is 4.11. The van der Waals surface area contributed by atoms with Crippen LogP contribution in [-0.4, -0.2) is 20.1 Å². The van der Waals surface area contributed by atoms with Gasteiger partial charge in [-0.25, -0.2) is 4.52 Å². The molecule has 0 saturated carbocycles. The monoisotopic (exact) mass is 428 g/mol. The zero-order valence-electron chi connectivity index (χ0n) is 17.7. The first-order chi connectivity index (χ1) is 15.7. The van der Waals surface area contributed by atoms with Crippen LogP contribution in [0.15, 0.2) is 71.8 Å². The SMILES string of the molecule is O=C(CCn1ccn2nc3c(c2c1=O)CCCC3)Nc1ccc(Oc2ccccc2)cc1. The van der Waals surface area contributed by atoms with E-state index >= 15 is 0 Å². The predicted molar refractivity (Wildman–Crippen MR) is 122 cm³/mol. The average molecular weight is 428 g/mol. The Morgan fingerprint density at radius 2 is 1.72 bits per heavy atom. The highest BCUT2D eigenvalue weighted by molar-refractivity contribution is 5.90. The number of ether oxygens (including phenoxy) is 1. The molecule has 0 fully saturated rings. The Labute approximate surface area is 185 Å². The van der Waals surface area contributed by atoms with Gasteiger partial charge in [-0.2, -0.15) is 5.10 Å². The number of carbonyl (C=O) groups is 1. The van der Waals surface area contributed by atoms with Crippen LogP contribution in [0.4, 0.5) is 5.69 Å². The maximum atomic E-state index is 13.0. The molecule has 7 heteroatoms. The molecule has 1 N–H and O–H groups in total. The summed E-state index contributed by atoms with van der Waals surface area (Å²) in [6, 6.07) is 16.7. The van der Waals surface area contributed by atoms with E-state index in [0.29, 0.717) is 23.5 Å². The van der Waals surface area contributed by atoms with Crippen molar-refractivity contribution in [1.82, 2.24) is 14.2 Å². The molecule has 0 saturated heterocycles. The van der Waals surface area contributed by atoms with Gasteiger partial charge in [-0.05, 0) is 62.1 Å². The molecule has 0 radical (unpaired) electrons. The Balaban J connectivity index is 1.22. The lowest BCUT2D eigenvalue weighted by Crippen LogP contribution is -2.24. The lowest BCUT2D eigenvalue weighted by molar-refractivity contribution is -0.116. The number of para-hydroxylation sites is 1. The van der Waals surface area contributed by atoms with Gasteiger partial charge >= 0.3 is 0 Å². The molecule has 1 amide bonds. The Morgan fingerprint density at radius 1 is 0.969 bits per heavy atom. The van der Waals surface area contributed by atoms with Crippen molar-refractivity contribution in [2.24, 2.45) is 0 Å². The molecule has 2 heterocycles. The summed E-state index contributed by atoms with van der Waals surface area (Å²) >= 11 is 0. The first-order valence-electron chi connectivity index (χ1n) is 10.9. The number of carbonyl (C=O) groups excluding carboxylic acids is 1. The van der Waals surface area contributed by atoms with E-state index in [1.165, 1.54) is 0 Å². The number of amides is 1. The van der Waals surface area contributed by atoms with Crippen molar-refractivity contribution in [3.05, 3.63) is 88.6 Å². The molecule has 32 heavy (non-hydrogen) atoms. The highest BCUT2D eigenvalue weighted by Gasteiger charge is 2.19. The lowest BCUT2D eigenvalue weighted by Gasteiger charge is -2.10. The third-order valence-corrected chi connectivity index (χ3v) is 5.73. The van der Waals surface area contributed by atoms with Crippen LogP contribution in [0.5, 0.6) is 11.5 Å². The van der Waals surface area contributed by atoms with Gasteiger partial charge in [-0.1, -0.05) is 18.2 Å². The summed E-state index contributed by atoms with van der Waals surface area (Å²) < 4.78 is 9.05. The van der Waals surface area contributed by atoms with E-state index < -0.39 is 0 Å². The largest absolute Gasteiger partial charge is 0.457 e. The standard InChI is InChI=1S/C25H24N4O3/c30-23(26-18-10-12-20(13-11-18)32-19-6-2-1-3-7-19)14-15-28-16-17-29-24(25(28)31)21-8-4-5-9-22(21)27-29/h1-3,6-7,10-13,16-17H,4-5,8-9,14-15H2,(H,26,30). The van der Waals surface area contributed by atoms with E-state index in [4.69, 9.17) is 4.74 Å². The van der Waals surface area contributed by atoms with Gasteiger partial charge < -0.3 is 14.6 Å². The second-order valence-corrected chi connectivity index (χ2v) is 7.96. The molecule has 0 atom stereocenters. The fraction of sp³-hybridized carbons (Fsp3) is 0.240. The normalized spacial score (nSPS) is 13.0. The summed E-state index contributed by atoms with van der Waals surface area (Å²) in [5.74, 6) is 1.30. The molecule has 162 valence electrons. The van der Waals surface area contributed by atoms with Crippen molar-refractivity contribution < 1.29 is 9.53 Å². The van der Waals surface area contributed by atoms with Crippen LogP contribution in [-0.2, 0) is 24.2 Å². The summed E-state index contributed by atoms with van der Waals surface area (Å²) in [7, 11) is 0. The number of rotatable bonds is 6. The van der Waals surface area contributed by atoms with E-state index in [1.807, 2.05) is 42.5 Å². The van der Waals surface area contributed by atoms with Crippen molar-refractivity contribution in [2.75, 3.05) is 5.32 Å². The Hall–Kier alpha value is -3.87. The minimum atomic E-state index is -0.149. The number of hydrogen-bond donors (Lipinski definition) is 1.